The highest BCUT2D eigenvalue weighted by molar-refractivity contribution is 7.47. The highest BCUT2D eigenvalue weighted by Gasteiger charge is 2.30. The SMILES string of the molecule is CCCCC/C=C\C/C=C\C/C=C\C/C=C\CCCC(=O)O[C@H](COC(=O)CCCCCCCCCCCCCCCCCCC)COP(=O)(O)OC[C@@H](O)COP(=O)(O)OC[C@@H](COC(=O)CCCCCCC/C=C\C/C=C\CCCCC)OC(=O)CCCCCCCCCCCCCCCCCCC. The molecule has 0 aliphatic carbocycles. The van der Waals surface area contributed by atoms with Gasteiger partial charge in [0.05, 0.1) is 26.4 Å². The Labute approximate surface area is 647 Å². The fraction of sp³-hybridized carbons (Fsp3) is 0.816. The molecule has 0 aromatic heterocycles. The minimum Gasteiger partial charge on any atom is -0.462 e. The molecule has 5 atom stereocenters. The maximum Gasteiger partial charge on any atom is 0.472 e. The van der Waals surface area contributed by atoms with E-state index in [4.69, 9.17) is 37.0 Å². The van der Waals surface area contributed by atoms with Gasteiger partial charge in [0.25, 0.3) is 0 Å². The summed E-state index contributed by atoms with van der Waals surface area (Å²) in [5, 5.41) is 10.7. The van der Waals surface area contributed by atoms with E-state index in [1.165, 1.54) is 199 Å². The van der Waals surface area contributed by atoms with Gasteiger partial charge in [-0.1, -0.05) is 351 Å². The first-order valence-electron chi connectivity index (χ1n) is 43.2. The van der Waals surface area contributed by atoms with Crippen LogP contribution in [0, 0.1) is 0 Å². The summed E-state index contributed by atoms with van der Waals surface area (Å²) < 4.78 is 68.8. The predicted molar refractivity (Wildman–Crippen MR) is 436 cm³/mol. The summed E-state index contributed by atoms with van der Waals surface area (Å²) in [4.78, 5) is 73.2. The number of allylic oxidation sites excluding steroid dienone is 12. The van der Waals surface area contributed by atoms with Gasteiger partial charge < -0.3 is 33.8 Å². The van der Waals surface area contributed by atoms with Gasteiger partial charge in [-0.05, 0) is 96.3 Å². The van der Waals surface area contributed by atoms with Crippen LogP contribution in [0.4, 0.5) is 0 Å². The second kappa shape index (κ2) is 79.6. The van der Waals surface area contributed by atoms with Gasteiger partial charge in [-0.15, -0.1) is 0 Å². The largest absolute Gasteiger partial charge is 0.472 e. The van der Waals surface area contributed by atoms with Crippen LogP contribution in [0.25, 0.3) is 0 Å². The van der Waals surface area contributed by atoms with Crippen molar-refractivity contribution in [1.29, 1.82) is 0 Å². The van der Waals surface area contributed by atoms with Gasteiger partial charge in [-0.25, -0.2) is 9.13 Å². The molecule has 0 aliphatic heterocycles. The molecule has 19 heteroatoms. The van der Waals surface area contributed by atoms with Crippen LogP contribution >= 0.6 is 15.6 Å². The average molecular weight is 1540 g/mol. The lowest BCUT2D eigenvalue weighted by Crippen LogP contribution is -2.30. The number of phosphoric acid groups is 2. The van der Waals surface area contributed by atoms with Crippen LogP contribution in [-0.2, 0) is 65.4 Å². The number of rotatable bonds is 82. The van der Waals surface area contributed by atoms with Crippen molar-refractivity contribution in [3.05, 3.63) is 72.9 Å². The monoisotopic (exact) mass is 1540 g/mol. The van der Waals surface area contributed by atoms with E-state index in [9.17, 15) is 43.2 Å². The lowest BCUT2D eigenvalue weighted by molar-refractivity contribution is -0.161. The summed E-state index contributed by atoms with van der Waals surface area (Å²) in [6.45, 7) is 4.85. The zero-order chi connectivity index (χ0) is 77.4. The number of hydrogen-bond donors (Lipinski definition) is 3. The molecule has 618 valence electrons. The highest BCUT2D eigenvalue weighted by atomic mass is 31.2. The summed E-state index contributed by atoms with van der Waals surface area (Å²) in [5.74, 6) is -2.22. The fourth-order valence-electron chi connectivity index (χ4n) is 12.1. The number of carbonyl (C=O) groups is 4. The van der Waals surface area contributed by atoms with E-state index in [0.29, 0.717) is 32.1 Å². The van der Waals surface area contributed by atoms with Crippen LogP contribution in [-0.4, -0.2) is 96.7 Å². The normalized spacial score (nSPS) is 14.1. The molecule has 0 aromatic rings. The second-order valence-corrected chi connectivity index (χ2v) is 32.0. The third-order valence-electron chi connectivity index (χ3n) is 18.7. The Bertz CT molecular complexity index is 2280. The Hall–Kier alpha value is -3.50. The third-order valence-corrected chi connectivity index (χ3v) is 20.6. The van der Waals surface area contributed by atoms with E-state index in [1.54, 1.807) is 0 Å². The maximum absolute atomic E-state index is 13.1. The van der Waals surface area contributed by atoms with Crippen molar-refractivity contribution in [3.63, 3.8) is 0 Å². The smallest absolute Gasteiger partial charge is 0.462 e. The minimum atomic E-state index is -4.99. The number of phosphoric ester groups is 2. The van der Waals surface area contributed by atoms with Crippen LogP contribution in [0.5, 0.6) is 0 Å². The summed E-state index contributed by atoms with van der Waals surface area (Å²) >= 11 is 0. The Kier molecular flexibility index (Phi) is 77.0. The lowest BCUT2D eigenvalue weighted by atomic mass is 10.0. The first kappa shape index (κ1) is 102. The molecule has 0 saturated heterocycles. The molecule has 0 amide bonds. The van der Waals surface area contributed by atoms with E-state index in [1.807, 2.05) is 12.2 Å². The molecular formula is C87H158O17P2. The molecular weight excluding hydrogens is 1380 g/mol. The number of aliphatic hydroxyl groups excluding tert-OH is 1. The molecule has 0 aromatic carbocycles. The number of unbranched alkanes of at least 4 members (excludes halogenated alkanes) is 44. The van der Waals surface area contributed by atoms with Crippen molar-refractivity contribution in [2.45, 2.75) is 418 Å². The molecule has 0 spiro atoms. The van der Waals surface area contributed by atoms with Crippen molar-refractivity contribution < 1.29 is 80.2 Å². The first-order valence-corrected chi connectivity index (χ1v) is 46.2. The number of esters is 4. The van der Waals surface area contributed by atoms with E-state index in [2.05, 4.69) is 88.5 Å². The van der Waals surface area contributed by atoms with Crippen LogP contribution in [0.3, 0.4) is 0 Å². The second-order valence-electron chi connectivity index (χ2n) is 29.1. The van der Waals surface area contributed by atoms with Gasteiger partial charge in [0.15, 0.2) is 12.2 Å². The number of aliphatic hydroxyl groups is 1. The Morgan fingerprint density at radius 1 is 0.264 bits per heavy atom. The molecule has 0 aliphatic rings. The van der Waals surface area contributed by atoms with Gasteiger partial charge in [0.2, 0.25) is 0 Å². The third kappa shape index (κ3) is 78.6. The van der Waals surface area contributed by atoms with E-state index < -0.39 is 97.5 Å². The van der Waals surface area contributed by atoms with Crippen LogP contribution < -0.4 is 0 Å². The summed E-state index contributed by atoms with van der Waals surface area (Å²) in [7, 11) is -9.97. The van der Waals surface area contributed by atoms with Gasteiger partial charge in [0, 0.05) is 25.7 Å². The van der Waals surface area contributed by atoms with E-state index >= 15 is 0 Å². The predicted octanol–water partition coefficient (Wildman–Crippen LogP) is 25.6. The quantitative estimate of drug-likeness (QED) is 0.0169. The molecule has 0 radical (unpaired) electrons. The molecule has 0 heterocycles. The van der Waals surface area contributed by atoms with Crippen LogP contribution in [0.1, 0.15) is 400 Å². The van der Waals surface area contributed by atoms with Crippen LogP contribution in [0.2, 0.25) is 0 Å². The molecule has 0 saturated carbocycles. The van der Waals surface area contributed by atoms with Crippen molar-refractivity contribution >= 4 is 39.5 Å². The Morgan fingerprint density at radius 2 is 0.472 bits per heavy atom. The average Bonchev–Trinajstić information content (AvgIpc) is 0.902. The fourth-order valence-corrected chi connectivity index (χ4v) is 13.6. The van der Waals surface area contributed by atoms with Crippen molar-refractivity contribution in [2.75, 3.05) is 39.6 Å². The Morgan fingerprint density at radius 3 is 0.764 bits per heavy atom. The number of ether oxygens (including phenoxy) is 4. The van der Waals surface area contributed by atoms with Gasteiger partial charge in [-0.2, -0.15) is 0 Å². The number of carbonyl (C=O) groups excluding carboxylic acids is 4. The summed E-state index contributed by atoms with van der Waals surface area (Å²) in [5.41, 5.74) is 0. The van der Waals surface area contributed by atoms with Gasteiger partial charge in [-0.3, -0.25) is 37.3 Å². The Balaban J connectivity index is 5.38. The summed E-state index contributed by atoms with van der Waals surface area (Å²) in [6.07, 6.45) is 83.0. The minimum absolute atomic E-state index is 0.0235. The summed E-state index contributed by atoms with van der Waals surface area (Å²) in [6, 6.07) is 0. The maximum atomic E-state index is 13.1. The van der Waals surface area contributed by atoms with E-state index in [-0.39, 0.29) is 25.7 Å². The van der Waals surface area contributed by atoms with Gasteiger partial charge in [0.1, 0.15) is 19.3 Å². The molecule has 17 nitrogen and oxygen atoms in total. The first-order chi connectivity index (χ1) is 51.7. The molecule has 0 bridgehead atoms. The topological polar surface area (TPSA) is 237 Å². The van der Waals surface area contributed by atoms with Gasteiger partial charge >= 0.3 is 39.5 Å². The molecule has 0 fully saturated rings. The van der Waals surface area contributed by atoms with Crippen molar-refractivity contribution in [1.82, 2.24) is 0 Å². The standard InChI is InChI=1S/C87H158O17P2/c1-5-9-13-17-21-25-29-33-37-40-44-48-52-56-60-64-68-72-85(90)98-78-83(104-87(92)74-70-66-62-58-54-50-46-42-39-35-31-27-23-19-15-11-7-3)80-102-106(95,96)100-76-81(88)75-99-105(93,94)101-79-82(77-97-84(89)71-67-63-59-55-51-47-43-36-32-28-24-20-16-12-8-4)103-86(91)73-69-65-61-57-53-49-45-41-38-34-30-26-22-18-14-10-6-2/h23-24,27-28,35-36,39,43,46,50,58,62,81-83,88H,5-22,25-26,29-34,37-38,40-42,44-45,47-49,51-57,59-61,63-80H2,1-4H3,(H,93,94)(H,95,96)/b27-23-,28-24-,39-35-,43-36-,50-46-,62-58-/t81-,82+,83+/m0/s1. The molecule has 106 heavy (non-hydrogen) atoms. The van der Waals surface area contributed by atoms with Crippen LogP contribution in [0.15, 0.2) is 72.9 Å². The molecule has 0 rings (SSSR count). The highest BCUT2D eigenvalue weighted by Crippen LogP contribution is 2.45. The van der Waals surface area contributed by atoms with Crippen molar-refractivity contribution in [3.8, 4) is 0 Å². The zero-order valence-electron chi connectivity index (χ0n) is 67.9. The van der Waals surface area contributed by atoms with E-state index in [0.717, 1.165) is 116 Å². The number of hydrogen-bond acceptors (Lipinski definition) is 15. The lowest BCUT2D eigenvalue weighted by Gasteiger charge is -2.21. The van der Waals surface area contributed by atoms with Crippen molar-refractivity contribution in [2.24, 2.45) is 0 Å². The molecule has 3 N–H and O–H groups in total. The molecule has 2 unspecified atom stereocenters. The zero-order valence-corrected chi connectivity index (χ0v) is 69.7.